The summed E-state index contributed by atoms with van der Waals surface area (Å²) in [6.07, 6.45) is 1.14. The molecule has 1 N–H and O–H groups in total. The molecular weight excluding hydrogens is 350 g/mol. The summed E-state index contributed by atoms with van der Waals surface area (Å²) >= 11 is 0. The number of hydrogen-bond acceptors (Lipinski definition) is 4. The molecule has 0 aromatic heterocycles. The minimum absolute atomic E-state index is 0.196. The number of amides is 1. The lowest BCUT2D eigenvalue weighted by Gasteiger charge is -2.23. The maximum absolute atomic E-state index is 12.8. The summed E-state index contributed by atoms with van der Waals surface area (Å²) in [6.45, 7) is 0.587. The zero-order valence-corrected chi connectivity index (χ0v) is 14.9. The molecular formula is C19H19N3O3S. The highest BCUT2D eigenvalue weighted by Crippen LogP contribution is 2.26. The highest BCUT2D eigenvalue weighted by Gasteiger charge is 2.39. The van der Waals surface area contributed by atoms with Gasteiger partial charge in [0.25, 0.3) is 0 Å². The number of rotatable bonds is 5. The molecule has 0 aliphatic carbocycles. The van der Waals surface area contributed by atoms with Gasteiger partial charge in [0, 0.05) is 13.1 Å². The van der Waals surface area contributed by atoms with Crippen LogP contribution in [0.5, 0.6) is 0 Å². The summed E-state index contributed by atoms with van der Waals surface area (Å²) in [5.74, 6) is -0.315. The lowest BCUT2D eigenvalue weighted by molar-refractivity contribution is -0.124. The molecule has 2 aromatic rings. The van der Waals surface area contributed by atoms with Crippen molar-refractivity contribution in [3.8, 4) is 6.07 Å². The molecule has 3 rings (SSSR count). The van der Waals surface area contributed by atoms with Crippen molar-refractivity contribution < 1.29 is 13.2 Å². The van der Waals surface area contributed by atoms with Gasteiger partial charge in [-0.25, -0.2) is 8.42 Å². The molecule has 7 heteroatoms. The van der Waals surface area contributed by atoms with Crippen molar-refractivity contribution in [1.29, 1.82) is 5.26 Å². The third-order valence-electron chi connectivity index (χ3n) is 4.38. The first-order chi connectivity index (χ1) is 12.5. The van der Waals surface area contributed by atoms with Crippen LogP contribution in [-0.2, 0) is 21.4 Å². The van der Waals surface area contributed by atoms with E-state index in [-0.39, 0.29) is 17.3 Å². The van der Waals surface area contributed by atoms with E-state index in [2.05, 4.69) is 11.4 Å². The minimum Gasteiger partial charge on any atom is -0.351 e. The molecule has 1 unspecified atom stereocenters. The Kier molecular flexibility index (Phi) is 5.35. The van der Waals surface area contributed by atoms with E-state index >= 15 is 0 Å². The molecule has 1 heterocycles. The average Bonchev–Trinajstić information content (AvgIpc) is 3.18. The van der Waals surface area contributed by atoms with E-state index in [0.717, 1.165) is 5.56 Å². The summed E-state index contributed by atoms with van der Waals surface area (Å²) in [7, 11) is -3.70. The molecule has 134 valence electrons. The van der Waals surface area contributed by atoms with Crippen molar-refractivity contribution in [3.63, 3.8) is 0 Å². The van der Waals surface area contributed by atoms with Crippen molar-refractivity contribution >= 4 is 15.9 Å². The number of carbonyl (C=O) groups is 1. The van der Waals surface area contributed by atoms with Gasteiger partial charge in [-0.15, -0.1) is 0 Å². The van der Waals surface area contributed by atoms with E-state index in [9.17, 15) is 13.2 Å². The van der Waals surface area contributed by atoms with Crippen molar-refractivity contribution in [2.24, 2.45) is 0 Å². The van der Waals surface area contributed by atoms with E-state index in [1.165, 1.54) is 16.4 Å². The SMILES string of the molecule is N#Cc1cccc(CNC(=O)C2CCCN2S(=O)(=O)c2ccccc2)c1. The summed E-state index contributed by atoms with van der Waals surface area (Å²) in [4.78, 5) is 12.8. The van der Waals surface area contributed by atoms with Crippen LogP contribution >= 0.6 is 0 Å². The Hall–Kier alpha value is -2.69. The molecule has 0 saturated carbocycles. The number of sulfonamides is 1. The Morgan fingerprint density at radius 3 is 2.69 bits per heavy atom. The van der Waals surface area contributed by atoms with Gasteiger partial charge in [0.05, 0.1) is 16.5 Å². The van der Waals surface area contributed by atoms with Crippen LogP contribution in [0.3, 0.4) is 0 Å². The fourth-order valence-corrected chi connectivity index (χ4v) is 4.75. The van der Waals surface area contributed by atoms with Crippen LogP contribution in [-0.4, -0.2) is 31.2 Å². The van der Waals surface area contributed by atoms with Crippen LogP contribution in [0.4, 0.5) is 0 Å². The van der Waals surface area contributed by atoms with Gasteiger partial charge in [-0.2, -0.15) is 9.57 Å². The smallest absolute Gasteiger partial charge is 0.243 e. The Labute approximate surface area is 153 Å². The standard InChI is InChI=1S/C19H19N3O3S/c20-13-15-6-4-7-16(12-15)14-21-19(23)18-10-5-11-22(18)26(24,25)17-8-2-1-3-9-17/h1-4,6-9,12,18H,5,10-11,14H2,(H,21,23). The molecule has 0 radical (unpaired) electrons. The van der Waals surface area contributed by atoms with Gasteiger partial charge in [0.2, 0.25) is 15.9 Å². The van der Waals surface area contributed by atoms with Gasteiger partial charge in [-0.1, -0.05) is 30.3 Å². The summed E-state index contributed by atoms with van der Waals surface area (Å²) < 4.78 is 26.9. The summed E-state index contributed by atoms with van der Waals surface area (Å²) in [5, 5.41) is 11.7. The van der Waals surface area contributed by atoms with Gasteiger partial charge in [-0.3, -0.25) is 4.79 Å². The number of nitrogens with one attached hydrogen (secondary N) is 1. The topological polar surface area (TPSA) is 90.3 Å². The first kappa shape index (κ1) is 18.1. The maximum Gasteiger partial charge on any atom is 0.243 e. The van der Waals surface area contributed by atoms with E-state index < -0.39 is 16.1 Å². The lowest BCUT2D eigenvalue weighted by Crippen LogP contribution is -2.45. The molecule has 2 aromatic carbocycles. The van der Waals surface area contributed by atoms with Crippen LogP contribution in [0.25, 0.3) is 0 Å². The second-order valence-corrected chi connectivity index (χ2v) is 8.01. The summed E-state index contributed by atoms with van der Waals surface area (Å²) in [6, 6.07) is 16.5. The zero-order valence-electron chi connectivity index (χ0n) is 14.1. The van der Waals surface area contributed by atoms with E-state index in [1.807, 2.05) is 6.07 Å². The summed E-state index contributed by atoms with van der Waals surface area (Å²) in [5.41, 5.74) is 1.32. The Morgan fingerprint density at radius 2 is 1.96 bits per heavy atom. The quantitative estimate of drug-likeness (QED) is 0.873. The van der Waals surface area contributed by atoms with Gasteiger partial charge >= 0.3 is 0 Å². The second kappa shape index (κ2) is 7.68. The zero-order chi connectivity index (χ0) is 18.6. The van der Waals surface area contributed by atoms with Crippen molar-refractivity contribution in [3.05, 3.63) is 65.7 Å². The highest BCUT2D eigenvalue weighted by molar-refractivity contribution is 7.89. The fraction of sp³-hybridized carbons (Fsp3) is 0.263. The van der Waals surface area contributed by atoms with Crippen LogP contribution < -0.4 is 5.32 Å². The normalized spacial score (nSPS) is 17.6. The minimum atomic E-state index is -3.70. The van der Waals surface area contributed by atoms with Gasteiger partial charge < -0.3 is 5.32 Å². The number of carbonyl (C=O) groups excluding carboxylic acids is 1. The second-order valence-electron chi connectivity index (χ2n) is 6.12. The molecule has 1 atom stereocenters. The maximum atomic E-state index is 12.8. The van der Waals surface area contributed by atoms with Crippen LogP contribution in [0.15, 0.2) is 59.5 Å². The fourth-order valence-electron chi connectivity index (χ4n) is 3.08. The molecule has 0 spiro atoms. The number of hydrogen-bond donors (Lipinski definition) is 1. The molecule has 1 saturated heterocycles. The number of nitriles is 1. The van der Waals surface area contributed by atoms with Crippen molar-refractivity contribution in [2.75, 3.05) is 6.54 Å². The third-order valence-corrected chi connectivity index (χ3v) is 6.30. The number of benzene rings is 2. The van der Waals surface area contributed by atoms with Crippen molar-refractivity contribution in [2.45, 2.75) is 30.3 Å². The lowest BCUT2D eigenvalue weighted by atomic mass is 10.1. The molecule has 6 nitrogen and oxygen atoms in total. The molecule has 1 fully saturated rings. The Balaban J connectivity index is 1.71. The predicted octanol–water partition coefficient (Wildman–Crippen LogP) is 2.03. The number of nitrogens with zero attached hydrogens (tertiary/aromatic N) is 2. The first-order valence-electron chi connectivity index (χ1n) is 8.36. The molecule has 1 aliphatic heterocycles. The van der Waals surface area contributed by atoms with Gasteiger partial charge in [0.15, 0.2) is 0 Å². The predicted molar refractivity (Wildman–Crippen MR) is 96.4 cm³/mol. The molecule has 1 aliphatic rings. The molecule has 0 bridgehead atoms. The third kappa shape index (κ3) is 3.77. The first-order valence-corrected chi connectivity index (χ1v) is 9.80. The Bertz CT molecular complexity index is 936. The van der Waals surface area contributed by atoms with Crippen molar-refractivity contribution in [1.82, 2.24) is 9.62 Å². The van der Waals surface area contributed by atoms with E-state index in [4.69, 9.17) is 5.26 Å². The van der Waals surface area contributed by atoms with Crippen LogP contribution in [0.2, 0.25) is 0 Å². The average molecular weight is 369 g/mol. The van der Waals surface area contributed by atoms with Gasteiger partial charge in [0.1, 0.15) is 6.04 Å². The highest BCUT2D eigenvalue weighted by atomic mass is 32.2. The van der Waals surface area contributed by atoms with Crippen LogP contribution in [0, 0.1) is 11.3 Å². The van der Waals surface area contributed by atoms with Gasteiger partial charge in [-0.05, 0) is 42.7 Å². The molecule has 26 heavy (non-hydrogen) atoms. The molecule has 1 amide bonds. The monoisotopic (exact) mass is 369 g/mol. The van der Waals surface area contributed by atoms with E-state index in [1.54, 1.807) is 36.4 Å². The largest absolute Gasteiger partial charge is 0.351 e. The van der Waals surface area contributed by atoms with Crippen LogP contribution in [0.1, 0.15) is 24.0 Å². The Morgan fingerprint density at radius 1 is 1.19 bits per heavy atom. The van der Waals surface area contributed by atoms with E-state index in [0.29, 0.717) is 24.9 Å².